The summed E-state index contributed by atoms with van der Waals surface area (Å²) in [5.41, 5.74) is 0.219. The molecule has 0 aromatic carbocycles. The van der Waals surface area contributed by atoms with E-state index in [1.54, 1.807) is 4.90 Å². The first-order chi connectivity index (χ1) is 19.7. The highest BCUT2D eigenvalue weighted by atomic mass is 32.2. The average molecular weight is 594 g/mol. The van der Waals surface area contributed by atoms with E-state index < -0.39 is 33.3 Å². The number of aromatic nitrogens is 7. The van der Waals surface area contributed by atoms with Gasteiger partial charge in [-0.1, -0.05) is 0 Å². The molecule has 5 heterocycles. The highest BCUT2D eigenvalue weighted by molar-refractivity contribution is 7.93. The van der Waals surface area contributed by atoms with Gasteiger partial charge in [0.15, 0.2) is 17.3 Å². The molecule has 3 aromatic rings. The minimum atomic E-state index is -4.12. The molecule has 3 aromatic heterocycles. The lowest BCUT2D eigenvalue weighted by Gasteiger charge is -2.37. The fraction of sp³-hybridized carbons (Fsp3) is 0.583. The zero-order valence-corrected chi connectivity index (χ0v) is 23.9. The number of piperidine rings is 1. The van der Waals surface area contributed by atoms with Crippen molar-refractivity contribution in [3.8, 4) is 17.4 Å². The lowest BCUT2D eigenvalue weighted by molar-refractivity contribution is 0.00147. The van der Waals surface area contributed by atoms with E-state index in [4.69, 9.17) is 18.9 Å². The molecule has 0 amide bonds. The van der Waals surface area contributed by atoms with Gasteiger partial charge in [0.1, 0.15) is 17.7 Å². The number of nitrogens with zero attached hydrogens (tertiary/aromatic N) is 8. The van der Waals surface area contributed by atoms with E-state index >= 15 is 0 Å². The second-order valence-corrected chi connectivity index (χ2v) is 11.8. The van der Waals surface area contributed by atoms with Crippen molar-refractivity contribution in [1.29, 1.82) is 0 Å². The van der Waals surface area contributed by atoms with Gasteiger partial charge in [0.2, 0.25) is 33.7 Å². The number of rotatable bonds is 10. The molecule has 2 aliphatic rings. The van der Waals surface area contributed by atoms with Crippen LogP contribution >= 0.6 is 0 Å². The van der Waals surface area contributed by atoms with Crippen LogP contribution in [0.2, 0.25) is 0 Å². The van der Waals surface area contributed by atoms with Gasteiger partial charge in [-0.05, 0) is 33.1 Å². The summed E-state index contributed by atoms with van der Waals surface area (Å²) in [5.74, 6) is 0.0844. The summed E-state index contributed by atoms with van der Waals surface area (Å²) in [6, 6.07) is 0. The topological polar surface area (TPSA) is 169 Å². The first-order valence-corrected chi connectivity index (χ1v) is 14.6. The van der Waals surface area contributed by atoms with E-state index in [9.17, 15) is 12.8 Å². The number of methoxy groups -OCH3 is 2. The van der Waals surface area contributed by atoms with Crippen LogP contribution in [0.3, 0.4) is 0 Å². The fourth-order valence-corrected chi connectivity index (χ4v) is 6.37. The lowest BCUT2D eigenvalue weighted by atomic mass is 10.1. The van der Waals surface area contributed by atoms with Gasteiger partial charge in [-0.2, -0.15) is 9.97 Å². The maximum Gasteiger partial charge on any atom is 0.245 e. The van der Waals surface area contributed by atoms with Crippen LogP contribution in [0.5, 0.6) is 11.8 Å². The van der Waals surface area contributed by atoms with Gasteiger partial charge in [-0.15, -0.1) is 10.2 Å². The Balaban J connectivity index is 1.52. The predicted octanol–water partition coefficient (Wildman–Crippen LogP) is 1.67. The molecule has 0 saturated carbocycles. The van der Waals surface area contributed by atoms with Crippen LogP contribution in [0.15, 0.2) is 18.7 Å². The summed E-state index contributed by atoms with van der Waals surface area (Å²) in [4.78, 5) is 18.1. The maximum absolute atomic E-state index is 13.9. The van der Waals surface area contributed by atoms with Crippen LogP contribution < -0.4 is 19.1 Å². The molecule has 3 atom stereocenters. The monoisotopic (exact) mass is 593 g/mol. The first-order valence-electron chi connectivity index (χ1n) is 13.1. The average Bonchev–Trinajstić information content (AvgIpc) is 3.62. The molecule has 1 N–H and O–H groups in total. The number of sulfonamides is 1. The summed E-state index contributed by atoms with van der Waals surface area (Å²) < 4.78 is 68.2. The van der Waals surface area contributed by atoms with Crippen molar-refractivity contribution in [1.82, 2.24) is 34.7 Å². The molecule has 5 rings (SSSR count). The standard InChI is InChI=1S/C24H32FN9O6S/c1-14(2)40-16-8-17(12-33(11-16)23-26-9-15(25)10-27-23)41(35,36)32-24-31-30-20(18-6-5-7-39-18)34(24)19-21(37-3)28-13-29-22(19)38-4/h9-10,13-14,16-18H,5-8,11-12H2,1-4H3,(H,31,32)/t16-,17-,18?/m1/s1. The second kappa shape index (κ2) is 12.0. The molecule has 1 unspecified atom stereocenters. The zero-order valence-electron chi connectivity index (χ0n) is 23.1. The van der Waals surface area contributed by atoms with E-state index in [0.29, 0.717) is 25.4 Å². The van der Waals surface area contributed by atoms with E-state index in [1.807, 2.05) is 13.8 Å². The Labute approximate surface area is 236 Å². The predicted molar refractivity (Wildman–Crippen MR) is 143 cm³/mol. The van der Waals surface area contributed by atoms with Crippen LogP contribution in [0.1, 0.15) is 45.0 Å². The fourth-order valence-electron chi connectivity index (χ4n) is 4.97. The van der Waals surface area contributed by atoms with E-state index in [1.165, 1.54) is 25.1 Å². The van der Waals surface area contributed by atoms with Crippen LogP contribution in [0.25, 0.3) is 5.69 Å². The minimum absolute atomic E-state index is 0.0345. The van der Waals surface area contributed by atoms with Crippen LogP contribution in [-0.4, -0.2) is 94.5 Å². The molecule has 2 saturated heterocycles. The normalized spacial score (nSPS) is 21.3. The van der Waals surface area contributed by atoms with Crippen molar-refractivity contribution in [3.05, 3.63) is 30.4 Å². The molecular formula is C24H32FN9O6S. The van der Waals surface area contributed by atoms with Crippen molar-refractivity contribution in [2.45, 2.75) is 56.7 Å². The van der Waals surface area contributed by atoms with Crippen LogP contribution in [0, 0.1) is 5.82 Å². The van der Waals surface area contributed by atoms with Crippen LogP contribution in [-0.2, 0) is 19.5 Å². The molecule has 0 spiro atoms. The Kier molecular flexibility index (Phi) is 8.46. The van der Waals surface area contributed by atoms with E-state index in [2.05, 4.69) is 34.9 Å². The summed E-state index contributed by atoms with van der Waals surface area (Å²) in [5, 5.41) is 7.50. The Bertz CT molecular complexity index is 1430. The maximum atomic E-state index is 13.9. The molecule has 0 aliphatic carbocycles. The number of anilines is 2. The summed E-state index contributed by atoms with van der Waals surface area (Å²) in [6.45, 7) is 4.64. The SMILES string of the molecule is COc1ncnc(OC)c1-n1c(NS(=O)(=O)[C@@H]2C[C@@H](OC(C)C)CN(c3ncc(F)cn3)C2)nnc1C1CCCO1. The van der Waals surface area contributed by atoms with Gasteiger partial charge in [-0.3, -0.25) is 9.29 Å². The largest absolute Gasteiger partial charge is 0.479 e. The van der Waals surface area contributed by atoms with Crippen molar-refractivity contribution in [3.63, 3.8) is 0 Å². The molecule has 17 heteroatoms. The Morgan fingerprint density at radius 3 is 2.39 bits per heavy atom. The summed E-state index contributed by atoms with van der Waals surface area (Å²) >= 11 is 0. The number of hydrogen-bond donors (Lipinski definition) is 1. The van der Waals surface area contributed by atoms with Gasteiger partial charge in [-0.25, -0.2) is 22.8 Å². The molecule has 2 aliphatic heterocycles. The van der Waals surface area contributed by atoms with Gasteiger partial charge < -0.3 is 23.8 Å². The van der Waals surface area contributed by atoms with Crippen molar-refractivity contribution >= 4 is 21.9 Å². The molecule has 2 fully saturated rings. The molecule has 15 nitrogen and oxygen atoms in total. The number of nitrogens with one attached hydrogen (secondary N) is 1. The molecule has 0 radical (unpaired) electrons. The number of hydrogen-bond acceptors (Lipinski definition) is 13. The van der Waals surface area contributed by atoms with E-state index in [0.717, 1.165) is 18.8 Å². The Hall–Kier alpha value is -3.70. The van der Waals surface area contributed by atoms with Gasteiger partial charge in [0.05, 0.1) is 38.8 Å². The van der Waals surface area contributed by atoms with Crippen molar-refractivity contribution in [2.75, 3.05) is 43.5 Å². The van der Waals surface area contributed by atoms with E-state index in [-0.39, 0.29) is 48.4 Å². The third kappa shape index (κ3) is 6.15. The van der Waals surface area contributed by atoms with Crippen molar-refractivity contribution in [2.24, 2.45) is 0 Å². The van der Waals surface area contributed by atoms with Crippen molar-refractivity contribution < 1.29 is 31.8 Å². The molecule has 0 bridgehead atoms. The van der Waals surface area contributed by atoms with Crippen LogP contribution in [0.4, 0.5) is 16.3 Å². The van der Waals surface area contributed by atoms with Gasteiger partial charge >= 0.3 is 0 Å². The highest BCUT2D eigenvalue weighted by Crippen LogP contribution is 2.37. The first kappa shape index (κ1) is 28.8. The lowest BCUT2D eigenvalue weighted by Crippen LogP contribution is -2.51. The highest BCUT2D eigenvalue weighted by Gasteiger charge is 2.39. The Morgan fingerprint density at radius 2 is 1.78 bits per heavy atom. The molecule has 222 valence electrons. The van der Waals surface area contributed by atoms with Gasteiger partial charge in [0.25, 0.3) is 0 Å². The third-order valence-corrected chi connectivity index (χ3v) is 8.36. The smallest absolute Gasteiger partial charge is 0.245 e. The molecule has 41 heavy (non-hydrogen) atoms. The quantitative estimate of drug-likeness (QED) is 0.361. The number of halogens is 1. The summed E-state index contributed by atoms with van der Waals surface area (Å²) in [7, 11) is -1.27. The molecular weight excluding hydrogens is 561 g/mol. The van der Waals surface area contributed by atoms with Gasteiger partial charge in [0, 0.05) is 19.7 Å². The number of ether oxygens (including phenoxy) is 4. The second-order valence-electron chi connectivity index (χ2n) is 9.88. The summed E-state index contributed by atoms with van der Waals surface area (Å²) in [6.07, 6.45) is 3.94. The third-order valence-electron chi connectivity index (χ3n) is 6.67. The minimum Gasteiger partial charge on any atom is -0.479 e. The zero-order chi connectivity index (χ0) is 29.1. The Morgan fingerprint density at radius 1 is 1.07 bits per heavy atom.